The molecule has 2 saturated heterocycles. The van der Waals surface area contributed by atoms with Gasteiger partial charge in [-0.25, -0.2) is 0 Å². The van der Waals surface area contributed by atoms with Crippen LogP contribution in [0.25, 0.3) is 0 Å². The predicted molar refractivity (Wildman–Crippen MR) is 76.1 cm³/mol. The summed E-state index contributed by atoms with van der Waals surface area (Å²) in [6.07, 6.45) is 10.7. The van der Waals surface area contributed by atoms with E-state index in [0.29, 0.717) is 6.61 Å². The van der Waals surface area contributed by atoms with Crippen molar-refractivity contribution in [3.63, 3.8) is 0 Å². The fourth-order valence-electron chi connectivity index (χ4n) is 4.56. The summed E-state index contributed by atoms with van der Waals surface area (Å²) in [6, 6.07) is 0.799. The van der Waals surface area contributed by atoms with Gasteiger partial charge in [-0.3, -0.25) is 4.90 Å². The molecule has 1 N–H and O–H groups in total. The van der Waals surface area contributed by atoms with E-state index in [4.69, 9.17) is 4.74 Å². The monoisotopic (exact) mass is 267 g/mol. The van der Waals surface area contributed by atoms with Crippen LogP contribution < -0.4 is 0 Å². The lowest BCUT2D eigenvalue weighted by Crippen LogP contribution is -2.53. The highest BCUT2D eigenvalue weighted by Crippen LogP contribution is 2.38. The molecule has 3 heteroatoms. The Bertz CT molecular complexity index is 286. The van der Waals surface area contributed by atoms with Crippen molar-refractivity contribution in [2.45, 2.75) is 57.4 Å². The first kappa shape index (κ1) is 13.8. The summed E-state index contributed by atoms with van der Waals surface area (Å²) < 4.78 is 5.67. The molecule has 0 radical (unpaired) electrons. The summed E-state index contributed by atoms with van der Waals surface area (Å²) in [5, 5.41) is 9.86. The number of hydrogen-bond donors (Lipinski definition) is 1. The molecule has 19 heavy (non-hydrogen) atoms. The zero-order chi connectivity index (χ0) is 13.1. The number of likely N-dealkylation sites (tertiary alicyclic amines) is 1. The number of rotatable bonds is 3. The molecule has 3 atom stereocenters. The van der Waals surface area contributed by atoms with Gasteiger partial charge >= 0.3 is 0 Å². The van der Waals surface area contributed by atoms with Gasteiger partial charge in [0.2, 0.25) is 0 Å². The molecule has 3 rings (SSSR count). The molecule has 1 aliphatic carbocycles. The van der Waals surface area contributed by atoms with Gasteiger partial charge in [-0.15, -0.1) is 0 Å². The summed E-state index contributed by atoms with van der Waals surface area (Å²) >= 11 is 0. The standard InChI is InChI=1S/C16H29NO2/c18-12-16(8-4-10-19-13-16)11-17-9-3-6-14-5-1-2-7-15(14)17/h14-15,18H,1-13H2/t14-,15-,16?/m1/s1. The maximum atomic E-state index is 9.86. The van der Waals surface area contributed by atoms with Crippen molar-refractivity contribution in [3.05, 3.63) is 0 Å². The largest absolute Gasteiger partial charge is 0.396 e. The summed E-state index contributed by atoms with van der Waals surface area (Å²) in [4.78, 5) is 2.71. The van der Waals surface area contributed by atoms with Gasteiger partial charge < -0.3 is 9.84 Å². The first-order chi connectivity index (χ1) is 9.33. The maximum Gasteiger partial charge on any atom is 0.0556 e. The van der Waals surface area contributed by atoms with Crippen LogP contribution in [-0.2, 0) is 4.74 Å². The van der Waals surface area contributed by atoms with Gasteiger partial charge in [0.1, 0.15) is 0 Å². The van der Waals surface area contributed by atoms with E-state index in [9.17, 15) is 5.11 Å². The lowest BCUT2D eigenvalue weighted by molar-refractivity contribution is -0.0736. The van der Waals surface area contributed by atoms with E-state index in [1.54, 1.807) is 0 Å². The Morgan fingerprint density at radius 1 is 1.11 bits per heavy atom. The SMILES string of the molecule is OCC1(CN2CCC[C@H]3CCCC[C@H]32)CCCOC1. The van der Waals surface area contributed by atoms with Crippen molar-refractivity contribution >= 4 is 0 Å². The van der Waals surface area contributed by atoms with Crippen molar-refractivity contribution in [2.75, 3.05) is 32.9 Å². The molecule has 110 valence electrons. The molecule has 1 saturated carbocycles. The Hall–Kier alpha value is -0.120. The normalized spacial score (nSPS) is 40.9. The lowest BCUT2D eigenvalue weighted by Gasteiger charge is -2.48. The first-order valence-corrected chi connectivity index (χ1v) is 8.26. The van der Waals surface area contributed by atoms with Crippen molar-refractivity contribution in [1.29, 1.82) is 0 Å². The number of aliphatic hydroxyl groups is 1. The number of aliphatic hydroxyl groups excluding tert-OH is 1. The van der Waals surface area contributed by atoms with Gasteiger partial charge in [0.05, 0.1) is 13.2 Å². The van der Waals surface area contributed by atoms with Gasteiger partial charge in [-0.2, -0.15) is 0 Å². The second kappa shape index (κ2) is 6.11. The van der Waals surface area contributed by atoms with Crippen LogP contribution in [0.15, 0.2) is 0 Å². The number of piperidine rings is 1. The maximum absolute atomic E-state index is 9.86. The highest BCUT2D eigenvalue weighted by molar-refractivity contribution is 4.92. The van der Waals surface area contributed by atoms with Crippen molar-refractivity contribution in [2.24, 2.45) is 11.3 Å². The van der Waals surface area contributed by atoms with E-state index >= 15 is 0 Å². The van der Waals surface area contributed by atoms with Crippen LogP contribution in [0.1, 0.15) is 51.4 Å². The number of hydrogen-bond acceptors (Lipinski definition) is 3. The van der Waals surface area contributed by atoms with Gasteiger partial charge in [0.25, 0.3) is 0 Å². The van der Waals surface area contributed by atoms with Crippen LogP contribution in [0.4, 0.5) is 0 Å². The number of fused-ring (bicyclic) bond motifs is 1. The van der Waals surface area contributed by atoms with Crippen LogP contribution in [0.5, 0.6) is 0 Å². The molecular formula is C16H29NO2. The Morgan fingerprint density at radius 3 is 2.74 bits per heavy atom. The Kier molecular flexibility index (Phi) is 4.45. The predicted octanol–water partition coefficient (Wildman–Crippen LogP) is 2.43. The first-order valence-electron chi connectivity index (χ1n) is 8.26. The van der Waals surface area contributed by atoms with Gasteiger partial charge in [0, 0.05) is 24.6 Å². The zero-order valence-corrected chi connectivity index (χ0v) is 12.1. The lowest BCUT2D eigenvalue weighted by atomic mass is 9.76. The minimum Gasteiger partial charge on any atom is -0.396 e. The minimum absolute atomic E-state index is 0.0254. The summed E-state index contributed by atoms with van der Waals surface area (Å²) in [7, 11) is 0. The van der Waals surface area contributed by atoms with Crippen LogP contribution >= 0.6 is 0 Å². The molecule has 1 unspecified atom stereocenters. The topological polar surface area (TPSA) is 32.7 Å². The molecule has 2 heterocycles. The molecule has 2 aliphatic heterocycles. The Labute approximate surface area is 117 Å². The second-order valence-electron chi connectivity index (χ2n) is 7.04. The third-order valence-corrected chi connectivity index (χ3v) is 5.64. The fourth-order valence-corrected chi connectivity index (χ4v) is 4.56. The molecule has 0 aromatic heterocycles. The second-order valence-corrected chi connectivity index (χ2v) is 7.04. The quantitative estimate of drug-likeness (QED) is 0.852. The molecule has 0 spiro atoms. The smallest absolute Gasteiger partial charge is 0.0556 e. The summed E-state index contributed by atoms with van der Waals surface area (Å²) in [6.45, 7) is 4.24. The third kappa shape index (κ3) is 2.98. The van der Waals surface area contributed by atoms with E-state index < -0.39 is 0 Å². The van der Waals surface area contributed by atoms with Crippen LogP contribution in [-0.4, -0.2) is 49.0 Å². The van der Waals surface area contributed by atoms with Crippen LogP contribution in [0, 0.1) is 11.3 Å². The molecule has 0 aromatic carbocycles. The zero-order valence-electron chi connectivity index (χ0n) is 12.1. The average Bonchev–Trinajstić information content (AvgIpc) is 2.49. The van der Waals surface area contributed by atoms with Gasteiger partial charge in [-0.1, -0.05) is 12.8 Å². The van der Waals surface area contributed by atoms with E-state index in [2.05, 4.69) is 4.90 Å². The number of ether oxygens (including phenoxy) is 1. The van der Waals surface area contributed by atoms with Gasteiger partial charge in [-0.05, 0) is 51.0 Å². The van der Waals surface area contributed by atoms with Crippen LogP contribution in [0.3, 0.4) is 0 Å². The molecule has 3 nitrogen and oxygen atoms in total. The molecule has 3 fully saturated rings. The molecule has 3 aliphatic rings. The van der Waals surface area contributed by atoms with Crippen LogP contribution in [0.2, 0.25) is 0 Å². The summed E-state index contributed by atoms with van der Waals surface area (Å²) in [5.74, 6) is 0.933. The molecule has 0 bridgehead atoms. The van der Waals surface area contributed by atoms with E-state index in [1.807, 2.05) is 0 Å². The molecule has 0 amide bonds. The van der Waals surface area contributed by atoms with E-state index in [-0.39, 0.29) is 5.41 Å². The van der Waals surface area contributed by atoms with Crippen molar-refractivity contribution in [1.82, 2.24) is 4.90 Å². The molecule has 0 aromatic rings. The van der Waals surface area contributed by atoms with Gasteiger partial charge in [0.15, 0.2) is 0 Å². The number of nitrogens with zero attached hydrogens (tertiary/aromatic N) is 1. The van der Waals surface area contributed by atoms with E-state index in [0.717, 1.165) is 44.6 Å². The summed E-state index contributed by atoms with van der Waals surface area (Å²) in [5.41, 5.74) is 0.0254. The van der Waals surface area contributed by atoms with Crippen molar-refractivity contribution in [3.8, 4) is 0 Å². The van der Waals surface area contributed by atoms with Crippen molar-refractivity contribution < 1.29 is 9.84 Å². The molecular weight excluding hydrogens is 238 g/mol. The highest BCUT2D eigenvalue weighted by atomic mass is 16.5. The van der Waals surface area contributed by atoms with E-state index in [1.165, 1.54) is 45.1 Å². The Morgan fingerprint density at radius 2 is 1.95 bits per heavy atom. The minimum atomic E-state index is 0.0254. The third-order valence-electron chi connectivity index (χ3n) is 5.64. The fraction of sp³-hybridized carbons (Fsp3) is 1.00. The Balaban J connectivity index is 1.66. The highest BCUT2D eigenvalue weighted by Gasteiger charge is 2.39. The average molecular weight is 267 g/mol.